The largest absolute Gasteiger partial charge is 0.376 e. The van der Waals surface area contributed by atoms with E-state index in [1.54, 1.807) is 19.1 Å². The number of anilines is 2. The number of carbonyl (C=O) groups excluding carboxylic acids is 2. The standard InChI is InChI=1S/C21H28N4O4S/c1-14-9-10-17(11-18(14)30(28,29)25(4)5)22-12-19(26)23-13-20(27)24-21-15(2)7-6-8-16(21)3/h6-11,22H,12-13H2,1-5H3,(H,23,26)(H,24,27). The lowest BCUT2D eigenvalue weighted by Crippen LogP contribution is -2.36. The zero-order valence-electron chi connectivity index (χ0n) is 17.9. The highest BCUT2D eigenvalue weighted by Crippen LogP contribution is 2.22. The lowest BCUT2D eigenvalue weighted by Gasteiger charge is -2.15. The molecule has 3 N–H and O–H groups in total. The van der Waals surface area contributed by atoms with E-state index in [4.69, 9.17) is 0 Å². The Bertz CT molecular complexity index is 1030. The highest BCUT2D eigenvalue weighted by Gasteiger charge is 2.20. The Morgan fingerprint density at radius 1 is 0.900 bits per heavy atom. The molecule has 0 unspecified atom stereocenters. The van der Waals surface area contributed by atoms with Gasteiger partial charge in [-0.2, -0.15) is 0 Å². The zero-order chi connectivity index (χ0) is 22.5. The van der Waals surface area contributed by atoms with Gasteiger partial charge in [-0.3, -0.25) is 9.59 Å². The first kappa shape index (κ1) is 23.4. The van der Waals surface area contributed by atoms with Crippen LogP contribution < -0.4 is 16.0 Å². The van der Waals surface area contributed by atoms with Crippen molar-refractivity contribution in [3.8, 4) is 0 Å². The molecule has 0 aliphatic rings. The Balaban J connectivity index is 1.91. The molecule has 162 valence electrons. The van der Waals surface area contributed by atoms with Crippen molar-refractivity contribution in [3.63, 3.8) is 0 Å². The minimum absolute atomic E-state index is 0.0960. The molecule has 0 bridgehead atoms. The molecule has 2 aromatic rings. The van der Waals surface area contributed by atoms with Crippen LogP contribution in [0.1, 0.15) is 16.7 Å². The fraction of sp³-hybridized carbons (Fsp3) is 0.333. The monoisotopic (exact) mass is 432 g/mol. The van der Waals surface area contributed by atoms with Gasteiger partial charge in [0.2, 0.25) is 21.8 Å². The lowest BCUT2D eigenvalue weighted by atomic mass is 10.1. The number of para-hydroxylation sites is 1. The molecule has 0 aliphatic heterocycles. The fourth-order valence-corrected chi connectivity index (χ4v) is 3.95. The molecule has 2 aromatic carbocycles. The van der Waals surface area contributed by atoms with Crippen LogP contribution in [0.4, 0.5) is 11.4 Å². The SMILES string of the molecule is Cc1ccc(NCC(=O)NCC(=O)Nc2c(C)cccc2C)cc1S(=O)(=O)N(C)C. The van der Waals surface area contributed by atoms with Gasteiger partial charge in [0.05, 0.1) is 18.0 Å². The summed E-state index contributed by atoms with van der Waals surface area (Å²) in [5.41, 5.74) is 3.74. The number of sulfonamides is 1. The van der Waals surface area contributed by atoms with Crippen molar-refractivity contribution in [1.29, 1.82) is 0 Å². The quantitative estimate of drug-likeness (QED) is 0.592. The minimum atomic E-state index is -3.59. The Labute approximate surface area is 177 Å². The molecule has 0 aliphatic carbocycles. The van der Waals surface area contributed by atoms with Crippen LogP contribution in [0, 0.1) is 20.8 Å². The Morgan fingerprint density at radius 3 is 2.13 bits per heavy atom. The van der Waals surface area contributed by atoms with Gasteiger partial charge in [0.25, 0.3) is 0 Å². The van der Waals surface area contributed by atoms with Gasteiger partial charge in [-0.25, -0.2) is 12.7 Å². The van der Waals surface area contributed by atoms with Crippen LogP contribution in [0.15, 0.2) is 41.3 Å². The zero-order valence-corrected chi connectivity index (χ0v) is 18.7. The van der Waals surface area contributed by atoms with Gasteiger partial charge in [0.15, 0.2) is 0 Å². The molecule has 9 heteroatoms. The van der Waals surface area contributed by atoms with Crippen molar-refractivity contribution in [2.45, 2.75) is 25.7 Å². The number of rotatable bonds is 8. The summed E-state index contributed by atoms with van der Waals surface area (Å²) in [4.78, 5) is 24.4. The molecular weight excluding hydrogens is 404 g/mol. The molecule has 8 nitrogen and oxygen atoms in total. The highest BCUT2D eigenvalue weighted by molar-refractivity contribution is 7.89. The fourth-order valence-electron chi connectivity index (χ4n) is 2.80. The first-order valence-electron chi connectivity index (χ1n) is 9.42. The second kappa shape index (κ2) is 9.73. The number of nitrogens with one attached hydrogen (secondary N) is 3. The van der Waals surface area contributed by atoms with Crippen molar-refractivity contribution in [1.82, 2.24) is 9.62 Å². The summed E-state index contributed by atoms with van der Waals surface area (Å²) in [7, 11) is -0.659. The van der Waals surface area contributed by atoms with Gasteiger partial charge in [-0.15, -0.1) is 0 Å². The first-order chi connectivity index (χ1) is 14.0. The van der Waals surface area contributed by atoms with Gasteiger partial charge in [0, 0.05) is 25.5 Å². The van der Waals surface area contributed by atoms with E-state index < -0.39 is 10.0 Å². The maximum absolute atomic E-state index is 12.4. The average Bonchev–Trinajstić information content (AvgIpc) is 2.68. The summed E-state index contributed by atoms with van der Waals surface area (Å²) in [6.07, 6.45) is 0. The number of hydrogen-bond acceptors (Lipinski definition) is 5. The van der Waals surface area contributed by atoms with E-state index in [-0.39, 0.29) is 29.8 Å². The molecular formula is C21H28N4O4S. The van der Waals surface area contributed by atoms with Crippen molar-refractivity contribution < 1.29 is 18.0 Å². The van der Waals surface area contributed by atoms with E-state index in [1.807, 2.05) is 32.0 Å². The summed E-state index contributed by atoms with van der Waals surface area (Å²) in [5.74, 6) is -0.709. The van der Waals surface area contributed by atoms with Crippen molar-refractivity contribution in [2.75, 3.05) is 37.8 Å². The molecule has 0 saturated carbocycles. The van der Waals surface area contributed by atoms with Gasteiger partial charge >= 0.3 is 0 Å². The van der Waals surface area contributed by atoms with Crippen molar-refractivity contribution in [2.24, 2.45) is 0 Å². The number of carbonyl (C=O) groups is 2. The van der Waals surface area contributed by atoms with Gasteiger partial charge in [-0.05, 0) is 49.6 Å². The summed E-state index contributed by atoms with van der Waals surface area (Å²) in [5, 5.41) is 8.24. The number of amides is 2. The molecule has 0 atom stereocenters. The van der Waals surface area contributed by atoms with Crippen molar-refractivity contribution in [3.05, 3.63) is 53.1 Å². The molecule has 0 radical (unpaired) electrons. The highest BCUT2D eigenvalue weighted by atomic mass is 32.2. The predicted octanol–water partition coefficient (Wildman–Crippen LogP) is 2.03. The molecule has 2 amide bonds. The second-order valence-electron chi connectivity index (χ2n) is 7.21. The number of benzene rings is 2. The van der Waals surface area contributed by atoms with Crippen molar-refractivity contribution >= 4 is 33.2 Å². The molecule has 0 fully saturated rings. The molecule has 0 aromatic heterocycles. The summed E-state index contributed by atoms with van der Waals surface area (Å²) < 4.78 is 25.9. The van der Waals surface area contributed by atoms with Crippen LogP contribution in [0.2, 0.25) is 0 Å². The van der Waals surface area contributed by atoms with Crippen LogP contribution in [0.3, 0.4) is 0 Å². The topological polar surface area (TPSA) is 108 Å². The Kier molecular flexibility index (Phi) is 7.58. The van der Waals surface area contributed by atoms with E-state index in [0.717, 1.165) is 21.1 Å². The number of nitrogens with zero attached hydrogens (tertiary/aromatic N) is 1. The van der Waals surface area contributed by atoms with E-state index in [9.17, 15) is 18.0 Å². The van der Waals surface area contributed by atoms with E-state index in [1.165, 1.54) is 20.2 Å². The van der Waals surface area contributed by atoms with Crippen LogP contribution in [0.25, 0.3) is 0 Å². The first-order valence-corrected chi connectivity index (χ1v) is 10.9. The van der Waals surface area contributed by atoms with Crippen LogP contribution in [0.5, 0.6) is 0 Å². The van der Waals surface area contributed by atoms with Crippen LogP contribution in [-0.4, -0.2) is 51.7 Å². The van der Waals surface area contributed by atoms with Gasteiger partial charge in [-0.1, -0.05) is 24.3 Å². The van der Waals surface area contributed by atoms with Gasteiger partial charge in [0.1, 0.15) is 0 Å². The average molecular weight is 433 g/mol. The van der Waals surface area contributed by atoms with E-state index in [0.29, 0.717) is 11.3 Å². The molecule has 0 saturated heterocycles. The molecule has 30 heavy (non-hydrogen) atoms. The summed E-state index contributed by atoms with van der Waals surface area (Å²) in [6.45, 7) is 5.25. The maximum Gasteiger partial charge on any atom is 0.243 e. The Morgan fingerprint density at radius 2 is 1.53 bits per heavy atom. The smallest absolute Gasteiger partial charge is 0.243 e. The molecule has 0 heterocycles. The van der Waals surface area contributed by atoms with E-state index >= 15 is 0 Å². The number of hydrogen-bond donors (Lipinski definition) is 3. The number of aryl methyl sites for hydroxylation is 3. The lowest BCUT2D eigenvalue weighted by molar-refractivity contribution is -0.122. The minimum Gasteiger partial charge on any atom is -0.376 e. The normalized spacial score (nSPS) is 11.3. The van der Waals surface area contributed by atoms with E-state index in [2.05, 4.69) is 16.0 Å². The third-order valence-corrected chi connectivity index (χ3v) is 6.55. The van der Waals surface area contributed by atoms with Crippen LogP contribution >= 0.6 is 0 Å². The third-order valence-electron chi connectivity index (χ3n) is 4.59. The Hall–Kier alpha value is -2.91. The molecule has 0 spiro atoms. The summed E-state index contributed by atoms with van der Waals surface area (Å²) in [6, 6.07) is 10.6. The third kappa shape index (κ3) is 5.80. The van der Waals surface area contributed by atoms with Gasteiger partial charge < -0.3 is 16.0 Å². The summed E-state index contributed by atoms with van der Waals surface area (Å²) >= 11 is 0. The second-order valence-corrected chi connectivity index (χ2v) is 9.33. The predicted molar refractivity (Wildman–Crippen MR) is 118 cm³/mol. The molecule has 2 rings (SSSR count). The maximum atomic E-state index is 12.4. The van der Waals surface area contributed by atoms with Crippen LogP contribution in [-0.2, 0) is 19.6 Å².